The van der Waals surface area contributed by atoms with Crippen LogP contribution in [0.15, 0.2) is 43.0 Å². The Morgan fingerprint density at radius 1 is 1.30 bits per heavy atom. The van der Waals surface area contributed by atoms with Gasteiger partial charge >= 0.3 is 12.1 Å². The zero-order valence-electron chi connectivity index (χ0n) is 16.6. The molecule has 2 rings (SSSR count). The molecule has 0 saturated carbocycles. The molecule has 0 aromatic heterocycles. The number of ether oxygens (including phenoxy) is 2. The molecule has 0 radical (unpaired) electrons. The van der Waals surface area contributed by atoms with Crippen LogP contribution in [0.25, 0.3) is 0 Å². The summed E-state index contributed by atoms with van der Waals surface area (Å²) in [5.41, 5.74) is 0.501. The summed E-state index contributed by atoms with van der Waals surface area (Å²) in [6, 6.07) is 9.24. The van der Waals surface area contributed by atoms with Crippen LogP contribution in [0.4, 0.5) is 4.79 Å². The average Bonchev–Trinajstić information content (AvgIpc) is 2.98. The van der Waals surface area contributed by atoms with E-state index in [0.29, 0.717) is 19.5 Å². The van der Waals surface area contributed by atoms with Crippen molar-refractivity contribution >= 4 is 12.1 Å². The quantitative estimate of drug-likeness (QED) is 0.612. The monoisotopic (exact) mass is 374 g/mol. The molecule has 0 aliphatic carbocycles. The minimum atomic E-state index is -0.698. The number of hydrogen-bond donors (Lipinski definition) is 1. The number of nitrogens with zero attached hydrogens (tertiary/aromatic N) is 1. The molecule has 1 saturated heterocycles. The predicted octanol–water partition coefficient (Wildman–Crippen LogP) is 3.13. The zero-order valence-corrected chi connectivity index (χ0v) is 16.6. The van der Waals surface area contributed by atoms with Crippen molar-refractivity contribution in [3.8, 4) is 0 Å². The first-order valence-electron chi connectivity index (χ1n) is 9.22. The molecule has 6 heteroatoms. The molecule has 148 valence electrons. The van der Waals surface area contributed by atoms with E-state index >= 15 is 0 Å². The molecule has 27 heavy (non-hydrogen) atoms. The highest BCUT2D eigenvalue weighted by atomic mass is 16.6. The maximum atomic E-state index is 12.7. The molecular weight excluding hydrogens is 344 g/mol. The predicted molar refractivity (Wildman–Crippen MR) is 104 cm³/mol. The smallest absolute Gasteiger partial charge is 0.411 e. The van der Waals surface area contributed by atoms with Gasteiger partial charge in [0.1, 0.15) is 11.6 Å². The molecule has 1 amide bonds. The second kappa shape index (κ2) is 9.04. The number of carbonyl (C=O) groups excluding carboxylic acids is 2. The molecule has 3 atom stereocenters. The Balaban J connectivity index is 2.21. The number of allylic oxidation sites excluding steroid dienone is 1. The van der Waals surface area contributed by atoms with E-state index in [0.717, 1.165) is 5.56 Å². The highest BCUT2D eigenvalue weighted by Gasteiger charge is 2.48. The Morgan fingerprint density at radius 3 is 2.52 bits per heavy atom. The largest absolute Gasteiger partial charge is 0.467 e. The highest BCUT2D eigenvalue weighted by molar-refractivity contribution is 5.83. The van der Waals surface area contributed by atoms with E-state index in [1.807, 2.05) is 30.3 Å². The van der Waals surface area contributed by atoms with Crippen molar-refractivity contribution < 1.29 is 19.1 Å². The Hall–Kier alpha value is -2.34. The summed E-state index contributed by atoms with van der Waals surface area (Å²) < 4.78 is 10.5. The van der Waals surface area contributed by atoms with Gasteiger partial charge < -0.3 is 14.8 Å². The van der Waals surface area contributed by atoms with Crippen LogP contribution in [-0.4, -0.2) is 48.3 Å². The van der Waals surface area contributed by atoms with Crippen LogP contribution in [0.5, 0.6) is 0 Å². The van der Waals surface area contributed by atoms with Gasteiger partial charge in [0, 0.05) is 25.0 Å². The topological polar surface area (TPSA) is 67.9 Å². The van der Waals surface area contributed by atoms with Crippen LogP contribution < -0.4 is 5.32 Å². The molecule has 0 bridgehead atoms. The molecular formula is C21H30N2O4. The lowest BCUT2D eigenvalue weighted by atomic mass is 9.92. The Kier molecular flexibility index (Phi) is 7.02. The van der Waals surface area contributed by atoms with Crippen LogP contribution in [-0.2, 0) is 20.8 Å². The van der Waals surface area contributed by atoms with Crippen LogP contribution >= 0.6 is 0 Å². The van der Waals surface area contributed by atoms with Gasteiger partial charge in [-0.3, -0.25) is 4.90 Å². The lowest BCUT2D eigenvalue weighted by molar-refractivity contribution is -0.147. The van der Waals surface area contributed by atoms with Crippen LogP contribution in [0.1, 0.15) is 32.8 Å². The van der Waals surface area contributed by atoms with Crippen molar-refractivity contribution in [2.24, 2.45) is 5.92 Å². The Labute approximate surface area is 161 Å². The van der Waals surface area contributed by atoms with Gasteiger partial charge in [-0.15, -0.1) is 6.58 Å². The summed E-state index contributed by atoms with van der Waals surface area (Å²) in [6.07, 6.45) is 1.86. The van der Waals surface area contributed by atoms with Gasteiger partial charge in [0.05, 0.1) is 7.11 Å². The summed E-state index contributed by atoms with van der Waals surface area (Å²) in [5, 5.41) is 3.48. The van der Waals surface area contributed by atoms with E-state index in [9.17, 15) is 9.59 Å². The van der Waals surface area contributed by atoms with Crippen molar-refractivity contribution in [3.63, 3.8) is 0 Å². The summed E-state index contributed by atoms with van der Waals surface area (Å²) in [7, 11) is 1.34. The minimum Gasteiger partial charge on any atom is -0.467 e. The zero-order chi connectivity index (χ0) is 20.0. The van der Waals surface area contributed by atoms with Gasteiger partial charge in [0.2, 0.25) is 0 Å². The van der Waals surface area contributed by atoms with Crippen molar-refractivity contribution in [2.75, 3.05) is 13.7 Å². The van der Waals surface area contributed by atoms with E-state index in [4.69, 9.17) is 9.47 Å². The molecule has 2 unspecified atom stereocenters. The van der Waals surface area contributed by atoms with E-state index in [2.05, 4.69) is 11.9 Å². The normalized spacial score (nSPS) is 22.4. The maximum absolute atomic E-state index is 12.7. The maximum Gasteiger partial charge on any atom is 0.411 e. The molecule has 6 nitrogen and oxygen atoms in total. The van der Waals surface area contributed by atoms with Gasteiger partial charge in [-0.2, -0.15) is 0 Å². The molecule has 0 spiro atoms. The van der Waals surface area contributed by atoms with Gasteiger partial charge in [-0.25, -0.2) is 9.59 Å². The van der Waals surface area contributed by atoms with Gasteiger partial charge in [-0.1, -0.05) is 36.4 Å². The van der Waals surface area contributed by atoms with E-state index < -0.39 is 23.7 Å². The number of hydrogen-bond acceptors (Lipinski definition) is 5. The fourth-order valence-electron chi connectivity index (χ4n) is 3.39. The second-order valence-corrected chi connectivity index (χ2v) is 7.76. The summed E-state index contributed by atoms with van der Waals surface area (Å²) in [4.78, 5) is 26.6. The van der Waals surface area contributed by atoms with Crippen molar-refractivity contribution in [1.82, 2.24) is 10.2 Å². The minimum absolute atomic E-state index is 0.0696. The van der Waals surface area contributed by atoms with Crippen molar-refractivity contribution in [3.05, 3.63) is 48.6 Å². The first-order chi connectivity index (χ1) is 12.8. The van der Waals surface area contributed by atoms with E-state index in [1.165, 1.54) is 12.0 Å². The summed E-state index contributed by atoms with van der Waals surface area (Å²) in [5.74, 6) is -0.567. The number of carbonyl (C=O) groups is 2. The standard InChI is InChI=1S/C21H30N2O4/c1-6-10-16-17(22-13-15-11-8-7-9-12-15)14-23(18(16)19(24)26-5)20(25)27-21(2,3)4/h6-9,11-12,16-18,22H,1,10,13-14H2,2-5H3/t16?,17?,18-/m0/s1. The van der Waals surface area contributed by atoms with Gasteiger partial charge in [0.15, 0.2) is 0 Å². The van der Waals surface area contributed by atoms with Crippen molar-refractivity contribution in [1.29, 1.82) is 0 Å². The third-order valence-corrected chi connectivity index (χ3v) is 4.57. The number of benzene rings is 1. The van der Waals surface area contributed by atoms with Gasteiger partial charge in [0.25, 0.3) is 0 Å². The fourth-order valence-corrected chi connectivity index (χ4v) is 3.39. The third-order valence-electron chi connectivity index (χ3n) is 4.57. The number of methoxy groups -OCH3 is 1. The molecule has 1 N–H and O–H groups in total. The van der Waals surface area contributed by atoms with E-state index in [-0.39, 0.29) is 12.0 Å². The lowest BCUT2D eigenvalue weighted by Crippen LogP contribution is -2.46. The first kappa shape index (κ1) is 21.0. The molecule has 1 heterocycles. The molecule has 1 aromatic carbocycles. The van der Waals surface area contributed by atoms with Crippen molar-refractivity contribution in [2.45, 2.75) is 51.4 Å². The van der Waals surface area contributed by atoms with Crippen LogP contribution in [0, 0.1) is 5.92 Å². The molecule has 1 aliphatic rings. The van der Waals surface area contributed by atoms with E-state index in [1.54, 1.807) is 26.8 Å². The fraction of sp³-hybridized carbons (Fsp3) is 0.524. The summed E-state index contributed by atoms with van der Waals surface area (Å²) >= 11 is 0. The Bertz CT molecular complexity index is 654. The van der Waals surface area contributed by atoms with Crippen LogP contribution in [0.2, 0.25) is 0 Å². The molecule has 1 aliphatic heterocycles. The molecule has 1 aromatic rings. The molecule has 1 fully saturated rings. The third kappa shape index (κ3) is 5.57. The number of rotatable bonds is 6. The number of esters is 1. The number of nitrogens with one attached hydrogen (secondary N) is 1. The second-order valence-electron chi connectivity index (χ2n) is 7.76. The van der Waals surface area contributed by atoms with Gasteiger partial charge in [-0.05, 0) is 32.8 Å². The SMILES string of the molecule is C=CCC1C(NCc2ccccc2)CN(C(=O)OC(C)(C)C)[C@@H]1C(=O)OC. The average molecular weight is 374 g/mol. The first-order valence-corrected chi connectivity index (χ1v) is 9.22. The lowest BCUT2D eigenvalue weighted by Gasteiger charge is -2.28. The van der Waals surface area contributed by atoms with Crippen LogP contribution in [0.3, 0.4) is 0 Å². The number of amides is 1. The highest BCUT2D eigenvalue weighted by Crippen LogP contribution is 2.31. The Morgan fingerprint density at radius 2 is 1.96 bits per heavy atom. The number of likely N-dealkylation sites (tertiary alicyclic amines) is 1. The summed E-state index contributed by atoms with van der Waals surface area (Å²) in [6.45, 7) is 10.3.